The van der Waals surface area contributed by atoms with Crippen LogP contribution >= 0.6 is 11.6 Å². The van der Waals surface area contributed by atoms with Crippen molar-refractivity contribution in [3.05, 3.63) is 65.0 Å². The maximum atomic E-state index is 13.2. The Morgan fingerprint density at radius 1 is 1.12 bits per heavy atom. The Morgan fingerprint density at radius 2 is 1.91 bits per heavy atom. The molecule has 2 aliphatic rings. The Kier molecular flexibility index (Phi) is 4.90. The molecule has 2 atom stereocenters. The molecule has 1 saturated heterocycles. The van der Waals surface area contributed by atoms with Gasteiger partial charge in [-0.15, -0.1) is 0 Å². The second-order valence-corrected chi connectivity index (χ2v) is 7.87. The summed E-state index contributed by atoms with van der Waals surface area (Å²) in [6.07, 6.45) is 0. The van der Waals surface area contributed by atoms with E-state index in [1.54, 1.807) is 43.3 Å². The largest absolute Gasteiger partial charge is 0.497 e. The van der Waals surface area contributed by atoms with Crippen LogP contribution in [0.3, 0.4) is 0 Å². The van der Waals surface area contributed by atoms with E-state index in [9.17, 15) is 9.59 Å². The van der Waals surface area contributed by atoms with E-state index in [0.29, 0.717) is 33.8 Å². The minimum Gasteiger partial charge on any atom is -0.497 e. The van der Waals surface area contributed by atoms with E-state index in [-0.39, 0.29) is 6.54 Å². The van der Waals surface area contributed by atoms with Crippen molar-refractivity contribution in [1.82, 2.24) is 9.99 Å². The number of ether oxygens (including phenoxy) is 1. The molecule has 32 heavy (non-hydrogen) atoms. The third-order valence-corrected chi connectivity index (χ3v) is 5.72. The zero-order chi connectivity index (χ0) is 22.4. The first-order chi connectivity index (χ1) is 15.5. The van der Waals surface area contributed by atoms with Crippen LogP contribution in [-0.4, -0.2) is 41.0 Å². The number of hydrogen-bond donors (Lipinski definition) is 0. The number of methoxy groups -OCH3 is 1. The van der Waals surface area contributed by atoms with Gasteiger partial charge in [-0.1, -0.05) is 22.9 Å². The first-order valence-electron chi connectivity index (χ1n) is 9.88. The summed E-state index contributed by atoms with van der Waals surface area (Å²) in [5, 5.41) is 10.2. The molecule has 0 spiro atoms. The van der Waals surface area contributed by atoms with Crippen LogP contribution in [0.15, 0.2) is 63.3 Å². The lowest BCUT2D eigenvalue weighted by Gasteiger charge is -2.20. The zero-order valence-corrected chi connectivity index (χ0v) is 18.0. The molecule has 0 saturated carbocycles. The van der Waals surface area contributed by atoms with Gasteiger partial charge in [0.25, 0.3) is 11.8 Å². The van der Waals surface area contributed by atoms with Gasteiger partial charge in [-0.25, -0.2) is 9.88 Å². The van der Waals surface area contributed by atoms with Crippen LogP contribution in [0.5, 0.6) is 5.75 Å². The van der Waals surface area contributed by atoms with Gasteiger partial charge in [0.15, 0.2) is 12.1 Å². The molecule has 0 bridgehead atoms. The van der Waals surface area contributed by atoms with E-state index in [2.05, 4.69) is 15.3 Å². The monoisotopic (exact) mass is 451 g/mol. The van der Waals surface area contributed by atoms with Crippen LogP contribution in [0.25, 0.3) is 11.5 Å². The number of nitrogens with zero attached hydrogens (tertiary/aromatic N) is 5. The molecule has 0 radical (unpaired) electrons. The molecule has 3 aromatic rings. The number of hydrogen-bond acceptors (Lipinski definition) is 8. The molecule has 2 amide bonds. The average Bonchev–Trinajstić information content (AvgIpc) is 3.44. The number of anilines is 1. The molecule has 3 heterocycles. The second-order valence-electron chi connectivity index (χ2n) is 7.43. The summed E-state index contributed by atoms with van der Waals surface area (Å²) in [5.41, 5.74) is 1.82. The first-order valence-corrected chi connectivity index (χ1v) is 10.3. The summed E-state index contributed by atoms with van der Waals surface area (Å²) in [4.78, 5) is 31.8. The van der Waals surface area contributed by atoms with Crippen LogP contribution in [0.2, 0.25) is 5.02 Å². The van der Waals surface area contributed by atoms with E-state index in [0.717, 1.165) is 10.5 Å². The molecule has 162 valence electrons. The number of oxazole rings is 1. The molecule has 0 unspecified atom stereocenters. The molecular formula is C22H18ClN5O4. The minimum atomic E-state index is -0.892. The van der Waals surface area contributed by atoms with Gasteiger partial charge in [0.05, 0.1) is 19.3 Å². The minimum absolute atomic E-state index is 0.179. The van der Waals surface area contributed by atoms with Crippen LogP contribution in [-0.2, 0) is 16.1 Å². The highest BCUT2D eigenvalue weighted by molar-refractivity contribution is 6.30. The highest BCUT2D eigenvalue weighted by atomic mass is 35.5. The number of halogens is 1. The Labute approximate surface area is 188 Å². The molecular weight excluding hydrogens is 434 g/mol. The van der Waals surface area contributed by atoms with Crippen LogP contribution in [0, 0.1) is 6.92 Å². The molecule has 5 rings (SSSR count). The van der Waals surface area contributed by atoms with Crippen LogP contribution < -0.4 is 9.64 Å². The van der Waals surface area contributed by atoms with E-state index in [4.69, 9.17) is 20.8 Å². The molecule has 0 N–H and O–H groups in total. The predicted molar refractivity (Wildman–Crippen MR) is 115 cm³/mol. The SMILES string of the molecule is COc1cccc(N2C(=O)[C@H]3N=NN(Cc4nc(-c5ccc(Cl)cc5)oc4C)[C@H]3C2=O)c1. The highest BCUT2D eigenvalue weighted by Gasteiger charge is 2.55. The maximum absolute atomic E-state index is 13.2. The fourth-order valence-electron chi connectivity index (χ4n) is 3.80. The van der Waals surface area contributed by atoms with Crippen molar-refractivity contribution in [2.45, 2.75) is 25.6 Å². The molecule has 2 aliphatic heterocycles. The highest BCUT2D eigenvalue weighted by Crippen LogP contribution is 2.34. The topological polar surface area (TPSA) is 101 Å². The number of carbonyl (C=O) groups excluding carboxylic acids is 2. The fourth-order valence-corrected chi connectivity index (χ4v) is 3.93. The number of aryl methyl sites for hydroxylation is 1. The molecule has 1 aromatic heterocycles. The number of benzene rings is 2. The van der Waals surface area contributed by atoms with Crippen molar-refractivity contribution in [2.24, 2.45) is 10.3 Å². The van der Waals surface area contributed by atoms with Gasteiger partial charge >= 0.3 is 0 Å². The molecule has 9 nitrogen and oxygen atoms in total. The summed E-state index contributed by atoms with van der Waals surface area (Å²) in [6.45, 7) is 1.97. The Balaban J connectivity index is 1.39. The smallest absolute Gasteiger partial charge is 0.263 e. The van der Waals surface area contributed by atoms with Crippen molar-refractivity contribution in [3.63, 3.8) is 0 Å². The second kappa shape index (κ2) is 7.76. The first kappa shape index (κ1) is 20.2. The number of rotatable bonds is 5. The van der Waals surface area contributed by atoms with Gasteiger partial charge in [-0.3, -0.25) is 14.6 Å². The lowest BCUT2D eigenvalue weighted by atomic mass is 10.1. The summed E-state index contributed by atoms with van der Waals surface area (Å²) in [7, 11) is 1.52. The zero-order valence-electron chi connectivity index (χ0n) is 17.2. The number of fused-ring (bicyclic) bond motifs is 1. The molecule has 2 aromatic carbocycles. The standard InChI is InChI=1S/C22H18ClN5O4/c1-12-17(24-20(32-12)13-6-8-14(23)9-7-13)11-27-19-18(25-26-27)21(29)28(22(19)30)15-4-3-5-16(10-15)31-2/h3-10,18-19H,11H2,1-2H3/t18-,19+/m0/s1. The summed E-state index contributed by atoms with van der Waals surface area (Å²) in [6, 6.07) is 12.2. The third kappa shape index (κ3) is 3.31. The van der Waals surface area contributed by atoms with Gasteiger partial charge < -0.3 is 9.15 Å². The van der Waals surface area contributed by atoms with Crippen molar-refractivity contribution in [2.75, 3.05) is 12.0 Å². The van der Waals surface area contributed by atoms with Crippen molar-refractivity contribution < 1.29 is 18.7 Å². The van der Waals surface area contributed by atoms with Crippen molar-refractivity contribution in [1.29, 1.82) is 0 Å². The van der Waals surface area contributed by atoms with Gasteiger partial charge in [0, 0.05) is 16.7 Å². The number of imide groups is 1. The van der Waals surface area contributed by atoms with Gasteiger partial charge in [0.2, 0.25) is 5.89 Å². The normalized spacial score (nSPS) is 19.7. The van der Waals surface area contributed by atoms with Gasteiger partial charge in [-0.05, 0) is 43.3 Å². The van der Waals surface area contributed by atoms with E-state index in [1.165, 1.54) is 12.1 Å². The Bertz CT molecular complexity index is 1240. The van der Waals surface area contributed by atoms with E-state index in [1.807, 2.05) is 12.1 Å². The van der Waals surface area contributed by atoms with Gasteiger partial charge in [0.1, 0.15) is 17.2 Å². The number of aromatic nitrogens is 1. The lowest BCUT2D eigenvalue weighted by molar-refractivity contribution is -0.123. The number of amides is 2. The van der Waals surface area contributed by atoms with Crippen LogP contribution in [0.1, 0.15) is 11.5 Å². The molecule has 0 aliphatic carbocycles. The summed E-state index contributed by atoms with van der Waals surface area (Å²) in [5.74, 6) is 0.769. The average molecular weight is 452 g/mol. The quantitative estimate of drug-likeness (QED) is 0.547. The lowest BCUT2D eigenvalue weighted by Crippen LogP contribution is -2.39. The summed E-state index contributed by atoms with van der Waals surface area (Å²) >= 11 is 5.95. The van der Waals surface area contributed by atoms with Crippen molar-refractivity contribution in [3.8, 4) is 17.2 Å². The number of carbonyl (C=O) groups is 2. The molecule has 10 heteroatoms. The van der Waals surface area contributed by atoms with Gasteiger partial charge in [-0.2, -0.15) is 5.11 Å². The Morgan fingerprint density at radius 3 is 2.66 bits per heavy atom. The predicted octanol–water partition coefficient (Wildman–Crippen LogP) is 3.81. The summed E-state index contributed by atoms with van der Waals surface area (Å²) < 4.78 is 11.0. The van der Waals surface area contributed by atoms with Crippen LogP contribution in [0.4, 0.5) is 5.69 Å². The van der Waals surface area contributed by atoms with Crippen molar-refractivity contribution >= 4 is 29.1 Å². The fraction of sp³-hybridized carbons (Fsp3) is 0.227. The van der Waals surface area contributed by atoms with E-state index >= 15 is 0 Å². The Hall–Kier alpha value is -3.72. The van der Waals surface area contributed by atoms with E-state index < -0.39 is 23.9 Å². The molecule has 1 fully saturated rings. The maximum Gasteiger partial charge on any atom is 0.263 e. The third-order valence-electron chi connectivity index (χ3n) is 5.47.